The zero-order chi connectivity index (χ0) is 36.2. The van der Waals surface area contributed by atoms with Crippen molar-refractivity contribution in [1.82, 2.24) is 20.3 Å². The van der Waals surface area contributed by atoms with E-state index < -0.39 is 36.1 Å². The second kappa shape index (κ2) is 18.5. The fourth-order valence-electron chi connectivity index (χ4n) is 6.10. The summed E-state index contributed by atoms with van der Waals surface area (Å²) in [7, 11) is 1.35. The molecule has 4 N–H and O–H groups in total. The predicted molar refractivity (Wildman–Crippen MR) is 186 cm³/mol. The number of benzene rings is 2. The maximum absolute atomic E-state index is 12.6. The Morgan fingerprint density at radius 1 is 1.02 bits per heavy atom. The topological polar surface area (TPSA) is 194 Å². The predicted octanol–water partition coefficient (Wildman–Crippen LogP) is 1.54. The van der Waals surface area contributed by atoms with Crippen molar-refractivity contribution >= 4 is 28.4 Å². The van der Waals surface area contributed by atoms with E-state index in [0.29, 0.717) is 32.1 Å². The van der Waals surface area contributed by atoms with E-state index in [2.05, 4.69) is 38.7 Å². The summed E-state index contributed by atoms with van der Waals surface area (Å²) in [6, 6.07) is 14.4. The highest BCUT2D eigenvalue weighted by Gasteiger charge is 2.51. The van der Waals surface area contributed by atoms with Gasteiger partial charge in [-0.1, -0.05) is 23.4 Å². The van der Waals surface area contributed by atoms with Crippen LogP contribution in [0.5, 0.6) is 0 Å². The highest BCUT2D eigenvalue weighted by Crippen LogP contribution is 2.31. The summed E-state index contributed by atoms with van der Waals surface area (Å²) in [5.74, 6) is -1.93. The van der Waals surface area contributed by atoms with Crippen molar-refractivity contribution in [2.45, 2.75) is 69.5 Å². The zero-order valence-corrected chi connectivity index (χ0v) is 29.1. The molecular formula is C36H48N6O9. The van der Waals surface area contributed by atoms with Crippen LogP contribution in [0, 0.1) is 11.3 Å². The van der Waals surface area contributed by atoms with Gasteiger partial charge in [0.05, 0.1) is 52.4 Å². The molecule has 51 heavy (non-hydrogen) atoms. The lowest BCUT2D eigenvalue weighted by Gasteiger charge is -2.46. The average molecular weight is 709 g/mol. The summed E-state index contributed by atoms with van der Waals surface area (Å²) in [5, 5.41) is 53.2. The summed E-state index contributed by atoms with van der Waals surface area (Å²) in [6.45, 7) is 5.73. The molecular weight excluding hydrogens is 660 g/mol. The second-order valence-corrected chi connectivity index (χ2v) is 12.8. The number of aliphatic hydroxyl groups excluding tert-OH is 3. The van der Waals surface area contributed by atoms with Crippen LogP contribution < -0.4 is 10.2 Å². The number of nitriles is 1. The molecule has 2 aliphatic rings. The number of aliphatic hydroxyl groups is 3. The first-order valence-corrected chi connectivity index (χ1v) is 17.3. The number of fused-ring (bicyclic) bond motifs is 1. The number of piperidine rings is 1. The van der Waals surface area contributed by atoms with Crippen molar-refractivity contribution in [3.63, 3.8) is 0 Å². The van der Waals surface area contributed by atoms with Crippen molar-refractivity contribution in [2.24, 2.45) is 0 Å². The fourth-order valence-corrected chi connectivity index (χ4v) is 6.10. The first kappa shape index (κ1) is 38.3. The number of nitrogens with one attached hydrogen (secondary N) is 1. The lowest BCUT2D eigenvalue weighted by atomic mass is 9.93. The van der Waals surface area contributed by atoms with Crippen LogP contribution in [0.25, 0.3) is 16.8 Å². The molecule has 1 aromatic heterocycles. The minimum absolute atomic E-state index is 0.0254. The standard InChI is InChI=1S/C36H48N6O9/c1-36(47-2)34(45)33(44)32(43)31(51-36)23-42-22-29(39-40-42)24-50-17-16-49-15-14-48-13-10-38-35(46)28(21-37)19-25-6-7-27-20-30(9-8-26(27)18-25)41-11-4-3-5-12-41/h6-9,18-20,22,31-34,43-45H,3-5,10-17,23-24H2,1-2H3,(H,38,46)/b28-19+/t31-,32-,33+,34-,36-/m1/s1. The van der Waals surface area contributed by atoms with Gasteiger partial charge in [0.1, 0.15) is 41.8 Å². The minimum atomic E-state index is -1.48. The van der Waals surface area contributed by atoms with Crippen molar-refractivity contribution in [2.75, 3.05) is 64.7 Å². The molecule has 0 spiro atoms. The average Bonchev–Trinajstić information content (AvgIpc) is 3.61. The van der Waals surface area contributed by atoms with E-state index in [1.807, 2.05) is 24.3 Å². The van der Waals surface area contributed by atoms with Crippen molar-refractivity contribution in [1.29, 1.82) is 5.26 Å². The first-order valence-electron chi connectivity index (χ1n) is 17.3. The van der Waals surface area contributed by atoms with Crippen molar-refractivity contribution < 1.29 is 43.8 Å². The van der Waals surface area contributed by atoms with Crippen LogP contribution in [0.3, 0.4) is 0 Å². The van der Waals surface area contributed by atoms with Gasteiger partial charge in [0, 0.05) is 32.4 Å². The quantitative estimate of drug-likeness (QED) is 0.0898. The molecule has 5 rings (SSSR count). The summed E-state index contributed by atoms with van der Waals surface area (Å²) in [6.07, 6.45) is 1.87. The van der Waals surface area contributed by atoms with Gasteiger partial charge in [0.15, 0.2) is 5.79 Å². The molecule has 0 unspecified atom stereocenters. The molecule has 0 aliphatic carbocycles. The number of amides is 1. The number of rotatable bonds is 17. The molecule has 0 radical (unpaired) electrons. The molecule has 3 aromatic rings. The van der Waals surface area contributed by atoms with Crippen LogP contribution in [-0.2, 0) is 41.6 Å². The molecule has 2 aliphatic heterocycles. The molecule has 0 bridgehead atoms. The molecule has 3 heterocycles. The van der Waals surface area contributed by atoms with E-state index in [4.69, 9.17) is 23.7 Å². The largest absolute Gasteiger partial charge is 0.388 e. The molecule has 2 saturated heterocycles. The number of carbonyl (C=O) groups excluding carboxylic acids is 1. The lowest BCUT2D eigenvalue weighted by molar-refractivity contribution is -0.348. The number of ether oxygens (including phenoxy) is 5. The molecule has 2 fully saturated rings. The van der Waals surface area contributed by atoms with Gasteiger partial charge in [-0.25, -0.2) is 4.68 Å². The molecule has 1 amide bonds. The third-order valence-electron chi connectivity index (χ3n) is 9.11. The Morgan fingerprint density at radius 2 is 1.73 bits per heavy atom. The summed E-state index contributed by atoms with van der Waals surface area (Å²) >= 11 is 0. The van der Waals surface area contributed by atoms with E-state index >= 15 is 0 Å². The first-order chi connectivity index (χ1) is 24.7. The number of aromatic nitrogens is 3. The van der Waals surface area contributed by atoms with Gasteiger partial charge < -0.3 is 49.2 Å². The van der Waals surface area contributed by atoms with Gasteiger partial charge in [-0.3, -0.25) is 4.79 Å². The van der Waals surface area contributed by atoms with Gasteiger partial charge in [0.2, 0.25) is 0 Å². The third kappa shape index (κ3) is 10.3. The van der Waals surface area contributed by atoms with Crippen LogP contribution in [-0.4, -0.2) is 126 Å². The van der Waals surface area contributed by atoms with Gasteiger partial charge in [-0.2, -0.15) is 5.26 Å². The third-order valence-corrected chi connectivity index (χ3v) is 9.11. The van der Waals surface area contributed by atoms with E-state index in [1.54, 1.807) is 12.3 Å². The summed E-state index contributed by atoms with van der Waals surface area (Å²) in [5.41, 5.74) is 2.59. The molecule has 15 nitrogen and oxygen atoms in total. The van der Waals surface area contributed by atoms with Crippen LogP contribution >= 0.6 is 0 Å². The highest BCUT2D eigenvalue weighted by molar-refractivity contribution is 6.02. The SMILES string of the molecule is CO[C@]1(C)O[C@H](Cn2cc(COCCOCCOCCNC(=O)/C(C#N)=C/c3ccc4cc(N5CCCCC5)ccc4c3)nn2)[C@@H](O)[C@H](O)[C@H]1O. The van der Waals surface area contributed by atoms with Gasteiger partial charge in [-0.05, 0) is 66.8 Å². The second-order valence-electron chi connectivity index (χ2n) is 12.8. The Kier molecular flexibility index (Phi) is 13.9. The Hall–Kier alpha value is -3.98. The normalized spacial score (nSPS) is 24.1. The number of carbonyl (C=O) groups is 1. The molecule has 15 heteroatoms. The minimum Gasteiger partial charge on any atom is -0.388 e. The molecule has 5 atom stereocenters. The Morgan fingerprint density at radius 3 is 2.47 bits per heavy atom. The number of hydrogen-bond acceptors (Lipinski definition) is 13. The van der Waals surface area contributed by atoms with Gasteiger partial charge >= 0.3 is 0 Å². The molecule has 276 valence electrons. The summed E-state index contributed by atoms with van der Waals surface area (Å²) in [4.78, 5) is 15.0. The van der Waals surface area contributed by atoms with Crippen molar-refractivity contribution in [3.8, 4) is 6.07 Å². The number of nitrogens with zero attached hydrogens (tertiary/aromatic N) is 5. The highest BCUT2D eigenvalue weighted by atomic mass is 16.7. The monoisotopic (exact) mass is 708 g/mol. The van der Waals surface area contributed by atoms with Crippen LogP contribution in [0.1, 0.15) is 37.4 Å². The number of anilines is 1. The summed E-state index contributed by atoms with van der Waals surface area (Å²) < 4.78 is 29.0. The van der Waals surface area contributed by atoms with E-state index in [-0.39, 0.29) is 31.9 Å². The smallest absolute Gasteiger partial charge is 0.262 e. The van der Waals surface area contributed by atoms with E-state index in [0.717, 1.165) is 29.4 Å². The fraction of sp³-hybridized carbons (Fsp3) is 0.556. The zero-order valence-electron chi connectivity index (χ0n) is 29.1. The number of hydrogen-bond donors (Lipinski definition) is 4. The van der Waals surface area contributed by atoms with Crippen LogP contribution in [0.15, 0.2) is 48.2 Å². The Labute approximate surface area is 297 Å². The van der Waals surface area contributed by atoms with E-state index in [1.165, 1.54) is 43.7 Å². The van der Waals surface area contributed by atoms with Gasteiger partial charge in [0.25, 0.3) is 5.91 Å². The maximum Gasteiger partial charge on any atom is 0.262 e. The van der Waals surface area contributed by atoms with Gasteiger partial charge in [-0.15, -0.1) is 5.10 Å². The van der Waals surface area contributed by atoms with Crippen molar-refractivity contribution in [3.05, 3.63) is 59.4 Å². The number of methoxy groups -OCH3 is 1. The van der Waals surface area contributed by atoms with Crippen LogP contribution in [0.4, 0.5) is 5.69 Å². The lowest BCUT2D eigenvalue weighted by Crippen LogP contribution is -2.64. The molecule has 2 aromatic carbocycles. The Balaban J connectivity index is 0.925. The van der Waals surface area contributed by atoms with E-state index in [9.17, 15) is 25.4 Å². The van der Waals surface area contributed by atoms with Crippen LogP contribution in [0.2, 0.25) is 0 Å². The maximum atomic E-state index is 12.6. The molecule has 0 saturated carbocycles. The Bertz CT molecular complexity index is 1660.